The summed E-state index contributed by atoms with van der Waals surface area (Å²) in [5.74, 6) is -1.32. The molecule has 0 unspecified atom stereocenters. The molecule has 0 aliphatic heterocycles. The Morgan fingerprint density at radius 2 is 2.07 bits per heavy atom. The fourth-order valence-electron chi connectivity index (χ4n) is 0.966. The third-order valence-corrected chi connectivity index (χ3v) is 1.53. The number of nitrogens with zero attached hydrogens (tertiary/aromatic N) is 1. The average Bonchev–Trinajstić information content (AvgIpc) is 2.09. The number of hydrogen-bond donors (Lipinski definition) is 1. The second kappa shape index (κ2) is 4.09. The molecule has 0 amide bonds. The average molecular weight is 217 g/mol. The number of benzene rings is 1. The van der Waals surface area contributed by atoms with Gasteiger partial charge in [0.25, 0.3) is 0 Å². The van der Waals surface area contributed by atoms with Crippen LogP contribution in [0, 0.1) is 11.3 Å². The summed E-state index contributed by atoms with van der Waals surface area (Å²) in [7, 11) is 0. The number of halogens is 3. The molecular weight excluding hydrogens is 211 g/mol. The molecule has 6 heteroatoms. The number of nitriles is 1. The molecule has 0 aliphatic rings. The summed E-state index contributed by atoms with van der Waals surface area (Å²) in [6, 6.07) is 5.15. The number of phenols is 1. The van der Waals surface area contributed by atoms with E-state index in [0.29, 0.717) is 5.56 Å². The Labute approximate surface area is 83.3 Å². The van der Waals surface area contributed by atoms with Crippen LogP contribution in [-0.2, 0) is 6.42 Å². The van der Waals surface area contributed by atoms with E-state index in [2.05, 4.69) is 4.74 Å². The Morgan fingerprint density at radius 1 is 1.40 bits per heavy atom. The van der Waals surface area contributed by atoms with E-state index < -0.39 is 17.9 Å². The maximum absolute atomic E-state index is 11.8. The molecule has 0 fully saturated rings. The van der Waals surface area contributed by atoms with Crippen LogP contribution in [0.5, 0.6) is 11.5 Å². The summed E-state index contributed by atoms with van der Waals surface area (Å²) in [4.78, 5) is 0. The van der Waals surface area contributed by atoms with E-state index in [9.17, 15) is 13.2 Å². The highest BCUT2D eigenvalue weighted by molar-refractivity contribution is 5.42. The summed E-state index contributed by atoms with van der Waals surface area (Å²) < 4.78 is 39.1. The fourth-order valence-corrected chi connectivity index (χ4v) is 0.966. The Bertz CT molecular complexity index is 395. The van der Waals surface area contributed by atoms with Crippen LogP contribution in [0.2, 0.25) is 0 Å². The number of rotatable bonds is 2. The molecule has 0 bridgehead atoms. The van der Waals surface area contributed by atoms with E-state index in [1.54, 1.807) is 6.07 Å². The van der Waals surface area contributed by atoms with Crippen molar-refractivity contribution in [3.63, 3.8) is 0 Å². The van der Waals surface area contributed by atoms with Crippen molar-refractivity contribution in [1.29, 1.82) is 5.26 Å². The van der Waals surface area contributed by atoms with Crippen LogP contribution in [0.3, 0.4) is 0 Å². The SMILES string of the molecule is N#CCc1ccc(O)c(OC(F)(F)F)c1. The van der Waals surface area contributed by atoms with Crippen LogP contribution in [0.4, 0.5) is 13.2 Å². The van der Waals surface area contributed by atoms with Gasteiger partial charge in [0.2, 0.25) is 0 Å². The van der Waals surface area contributed by atoms with Crippen LogP contribution in [0.1, 0.15) is 5.56 Å². The highest BCUT2D eigenvalue weighted by Crippen LogP contribution is 2.31. The zero-order chi connectivity index (χ0) is 11.5. The van der Waals surface area contributed by atoms with Crippen LogP contribution < -0.4 is 4.74 Å². The molecule has 80 valence electrons. The number of phenolic OH excluding ortho intramolecular Hbond substituents is 1. The molecule has 0 radical (unpaired) electrons. The lowest BCUT2D eigenvalue weighted by Crippen LogP contribution is -2.17. The first-order chi connectivity index (χ1) is 6.92. The van der Waals surface area contributed by atoms with Crippen LogP contribution in [0.15, 0.2) is 18.2 Å². The van der Waals surface area contributed by atoms with Crippen molar-refractivity contribution < 1.29 is 23.0 Å². The van der Waals surface area contributed by atoms with Crippen LogP contribution in [-0.4, -0.2) is 11.5 Å². The minimum Gasteiger partial charge on any atom is -0.504 e. The van der Waals surface area contributed by atoms with E-state index in [1.807, 2.05) is 0 Å². The lowest BCUT2D eigenvalue weighted by molar-refractivity contribution is -0.275. The van der Waals surface area contributed by atoms with Gasteiger partial charge in [-0.2, -0.15) is 5.26 Å². The van der Waals surface area contributed by atoms with Gasteiger partial charge in [0.05, 0.1) is 12.5 Å². The molecule has 0 aliphatic carbocycles. The maximum atomic E-state index is 11.8. The number of aromatic hydroxyl groups is 1. The first kappa shape index (κ1) is 11.2. The standard InChI is InChI=1S/C9H6F3NO2/c10-9(11,12)15-8-5-6(3-4-13)1-2-7(8)14/h1-2,5,14H,3H2. The molecule has 0 saturated carbocycles. The first-order valence-corrected chi connectivity index (χ1v) is 3.87. The van der Waals surface area contributed by atoms with Crippen molar-refractivity contribution in [2.75, 3.05) is 0 Å². The summed E-state index contributed by atoms with van der Waals surface area (Å²) in [5, 5.41) is 17.4. The number of alkyl halides is 3. The second-order valence-electron chi connectivity index (χ2n) is 2.68. The topological polar surface area (TPSA) is 53.2 Å². The normalized spacial score (nSPS) is 10.8. The van der Waals surface area contributed by atoms with Gasteiger partial charge in [0, 0.05) is 0 Å². The van der Waals surface area contributed by atoms with Gasteiger partial charge in [-0.1, -0.05) is 6.07 Å². The summed E-state index contributed by atoms with van der Waals surface area (Å²) >= 11 is 0. The van der Waals surface area contributed by atoms with Crippen molar-refractivity contribution in [3.05, 3.63) is 23.8 Å². The van der Waals surface area contributed by atoms with Gasteiger partial charge in [-0.15, -0.1) is 13.2 Å². The molecule has 15 heavy (non-hydrogen) atoms. The highest BCUT2D eigenvalue weighted by atomic mass is 19.4. The van der Waals surface area contributed by atoms with Crippen LogP contribution in [0.25, 0.3) is 0 Å². The predicted molar refractivity (Wildman–Crippen MR) is 44.1 cm³/mol. The Morgan fingerprint density at radius 3 is 2.60 bits per heavy atom. The molecule has 0 saturated heterocycles. The molecule has 1 N–H and O–H groups in total. The summed E-state index contributed by atoms with van der Waals surface area (Å²) in [5.41, 5.74) is 0.342. The molecule has 0 heterocycles. The van der Waals surface area contributed by atoms with Gasteiger partial charge in [0.1, 0.15) is 0 Å². The quantitative estimate of drug-likeness (QED) is 0.827. The lowest BCUT2D eigenvalue weighted by Gasteiger charge is -2.10. The Balaban J connectivity index is 2.96. The van der Waals surface area contributed by atoms with Crippen molar-refractivity contribution >= 4 is 0 Å². The molecule has 0 aromatic heterocycles. The molecule has 0 spiro atoms. The van der Waals surface area contributed by atoms with Gasteiger partial charge < -0.3 is 9.84 Å². The van der Waals surface area contributed by atoms with Crippen molar-refractivity contribution in [2.45, 2.75) is 12.8 Å². The molecule has 1 rings (SSSR count). The molecule has 0 atom stereocenters. The van der Waals surface area contributed by atoms with Crippen LogP contribution >= 0.6 is 0 Å². The summed E-state index contributed by atoms with van der Waals surface area (Å²) in [6.45, 7) is 0. The van der Waals surface area contributed by atoms with Gasteiger partial charge >= 0.3 is 6.36 Å². The lowest BCUT2D eigenvalue weighted by atomic mass is 10.1. The van der Waals surface area contributed by atoms with E-state index >= 15 is 0 Å². The van der Waals surface area contributed by atoms with Gasteiger partial charge in [-0.05, 0) is 17.7 Å². The van der Waals surface area contributed by atoms with Crippen molar-refractivity contribution in [3.8, 4) is 17.6 Å². The predicted octanol–water partition coefficient (Wildman–Crippen LogP) is 2.36. The van der Waals surface area contributed by atoms with Gasteiger partial charge in [-0.25, -0.2) is 0 Å². The zero-order valence-corrected chi connectivity index (χ0v) is 7.38. The third kappa shape index (κ3) is 3.38. The van der Waals surface area contributed by atoms with Gasteiger partial charge in [0.15, 0.2) is 11.5 Å². The third-order valence-electron chi connectivity index (χ3n) is 1.53. The minimum absolute atomic E-state index is 0.0471. The van der Waals surface area contributed by atoms with E-state index in [0.717, 1.165) is 12.1 Å². The Kier molecular flexibility index (Phi) is 3.04. The minimum atomic E-state index is -4.86. The van der Waals surface area contributed by atoms with E-state index in [4.69, 9.17) is 10.4 Å². The van der Waals surface area contributed by atoms with Crippen molar-refractivity contribution in [2.24, 2.45) is 0 Å². The molecule has 1 aromatic carbocycles. The van der Waals surface area contributed by atoms with E-state index in [1.165, 1.54) is 6.07 Å². The Hall–Kier alpha value is -1.90. The number of hydrogen-bond acceptors (Lipinski definition) is 3. The van der Waals surface area contributed by atoms with Crippen molar-refractivity contribution in [1.82, 2.24) is 0 Å². The maximum Gasteiger partial charge on any atom is 0.573 e. The highest BCUT2D eigenvalue weighted by Gasteiger charge is 2.32. The van der Waals surface area contributed by atoms with E-state index in [-0.39, 0.29) is 6.42 Å². The summed E-state index contributed by atoms with van der Waals surface area (Å²) in [6.07, 6.45) is -4.91. The molecule has 1 aromatic rings. The monoisotopic (exact) mass is 217 g/mol. The fraction of sp³-hybridized carbons (Fsp3) is 0.222. The second-order valence-corrected chi connectivity index (χ2v) is 2.68. The largest absolute Gasteiger partial charge is 0.573 e. The smallest absolute Gasteiger partial charge is 0.504 e. The number of ether oxygens (including phenoxy) is 1. The van der Waals surface area contributed by atoms with Gasteiger partial charge in [-0.3, -0.25) is 0 Å². The first-order valence-electron chi connectivity index (χ1n) is 3.87. The molecular formula is C9H6F3NO2. The zero-order valence-electron chi connectivity index (χ0n) is 7.38. The molecule has 3 nitrogen and oxygen atoms in total.